The quantitative estimate of drug-likeness (QED) is 0.745. The SMILES string of the molecule is CCCCCCNC(=O)c1cc(Cl)c(OC)c(OC)c1. The summed E-state index contributed by atoms with van der Waals surface area (Å²) in [4.78, 5) is 12.0. The molecule has 0 atom stereocenters. The summed E-state index contributed by atoms with van der Waals surface area (Å²) in [6, 6.07) is 3.22. The van der Waals surface area contributed by atoms with Gasteiger partial charge < -0.3 is 14.8 Å². The van der Waals surface area contributed by atoms with Gasteiger partial charge in [0.15, 0.2) is 11.5 Å². The molecule has 0 aromatic heterocycles. The molecular formula is C15H22ClNO3. The first-order chi connectivity index (χ1) is 9.63. The zero-order chi connectivity index (χ0) is 15.0. The van der Waals surface area contributed by atoms with Crippen molar-refractivity contribution in [2.75, 3.05) is 20.8 Å². The van der Waals surface area contributed by atoms with Gasteiger partial charge in [-0.15, -0.1) is 0 Å². The molecule has 0 fully saturated rings. The highest BCUT2D eigenvalue weighted by atomic mass is 35.5. The van der Waals surface area contributed by atoms with Crippen LogP contribution in [0, 0.1) is 0 Å². The van der Waals surface area contributed by atoms with Crippen LogP contribution in [0.5, 0.6) is 11.5 Å². The second-order valence-corrected chi connectivity index (χ2v) is 4.92. The maximum Gasteiger partial charge on any atom is 0.251 e. The Morgan fingerprint density at radius 1 is 1.20 bits per heavy atom. The maximum atomic E-state index is 12.0. The lowest BCUT2D eigenvalue weighted by molar-refractivity contribution is 0.0952. The van der Waals surface area contributed by atoms with E-state index in [9.17, 15) is 4.79 Å². The molecular weight excluding hydrogens is 278 g/mol. The molecule has 20 heavy (non-hydrogen) atoms. The van der Waals surface area contributed by atoms with Crippen molar-refractivity contribution < 1.29 is 14.3 Å². The molecule has 112 valence electrons. The molecule has 1 amide bonds. The molecule has 0 saturated heterocycles. The second kappa shape index (κ2) is 8.69. The first-order valence-corrected chi connectivity index (χ1v) is 7.21. The lowest BCUT2D eigenvalue weighted by atomic mass is 10.1. The van der Waals surface area contributed by atoms with Crippen LogP contribution in [0.2, 0.25) is 5.02 Å². The van der Waals surface area contributed by atoms with E-state index in [0.29, 0.717) is 28.6 Å². The molecule has 0 unspecified atom stereocenters. The van der Waals surface area contributed by atoms with Gasteiger partial charge in [0, 0.05) is 12.1 Å². The minimum Gasteiger partial charge on any atom is -0.493 e. The molecule has 1 aromatic carbocycles. The van der Waals surface area contributed by atoms with Gasteiger partial charge >= 0.3 is 0 Å². The predicted octanol–water partition coefficient (Wildman–Crippen LogP) is 3.67. The number of ether oxygens (including phenoxy) is 2. The molecule has 0 aliphatic heterocycles. The number of hydrogen-bond donors (Lipinski definition) is 1. The van der Waals surface area contributed by atoms with Crippen LogP contribution in [0.15, 0.2) is 12.1 Å². The fourth-order valence-corrected chi connectivity index (χ4v) is 2.19. The van der Waals surface area contributed by atoms with Crippen LogP contribution in [0.4, 0.5) is 0 Å². The van der Waals surface area contributed by atoms with Gasteiger partial charge in [0.1, 0.15) is 0 Å². The summed E-state index contributed by atoms with van der Waals surface area (Å²) in [5.41, 5.74) is 0.475. The number of hydrogen-bond acceptors (Lipinski definition) is 3. The average Bonchev–Trinajstić information content (AvgIpc) is 2.45. The number of benzene rings is 1. The Morgan fingerprint density at radius 3 is 2.55 bits per heavy atom. The summed E-state index contributed by atoms with van der Waals surface area (Å²) in [5, 5.41) is 3.24. The summed E-state index contributed by atoms with van der Waals surface area (Å²) in [7, 11) is 3.03. The van der Waals surface area contributed by atoms with Crippen LogP contribution in [-0.2, 0) is 0 Å². The molecule has 0 aliphatic rings. The number of halogens is 1. The third-order valence-corrected chi connectivity index (χ3v) is 3.29. The predicted molar refractivity (Wildman–Crippen MR) is 81.0 cm³/mol. The molecule has 1 aromatic rings. The van der Waals surface area contributed by atoms with Crippen LogP contribution >= 0.6 is 11.6 Å². The van der Waals surface area contributed by atoms with E-state index in [1.807, 2.05) is 0 Å². The Labute approximate surface area is 125 Å². The summed E-state index contributed by atoms with van der Waals surface area (Å²) >= 11 is 6.08. The molecule has 1 rings (SSSR count). The minimum absolute atomic E-state index is 0.149. The first-order valence-electron chi connectivity index (χ1n) is 6.83. The monoisotopic (exact) mass is 299 g/mol. The van der Waals surface area contributed by atoms with Crippen molar-refractivity contribution in [3.05, 3.63) is 22.7 Å². The smallest absolute Gasteiger partial charge is 0.251 e. The van der Waals surface area contributed by atoms with Crippen molar-refractivity contribution >= 4 is 17.5 Å². The molecule has 0 saturated carbocycles. The van der Waals surface area contributed by atoms with Gasteiger partial charge in [-0.2, -0.15) is 0 Å². The number of carbonyl (C=O) groups is 1. The fourth-order valence-electron chi connectivity index (χ4n) is 1.90. The first kappa shape index (κ1) is 16.6. The largest absolute Gasteiger partial charge is 0.493 e. The van der Waals surface area contributed by atoms with Crippen molar-refractivity contribution in [3.63, 3.8) is 0 Å². The molecule has 0 aliphatic carbocycles. The van der Waals surface area contributed by atoms with E-state index in [0.717, 1.165) is 12.8 Å². The number of methoxy groups -OCH3 is 2. The van der Waals surface area contributed by atoms with E-state index >= 15 is 0 Å². The second-order valence-electron chi connectivity index (χ2n) is 4.51. The molecule has 0 radical (unpaired) electrons. The van der Waals surface area contributed by atoms with Gasteiger partial charge in [-0.3, -0.25) is 4.79 Å². The summed E-state index contributed by atoms with van der Waals surface area (Å²) < 4.78 is 10.3. The van der Waals surface area contributed by atoms with Crippen molar-refractivity contribution in [1.82, 2.24) is 5.32 Å². The van der Waals surface area contributed by atoms with Crippen molar-refractivity contribution in [1.29, 1.82) is 0 Å². The van der Waals surface area contributed by atoms with Crippen molar-refractivity contribution in [2.24, 2.45) is 0 Å². The number of carbonyl (C=O) groups excluding carboxylic acids is 1. The van der Waals surface area contributed by atoms with Crippen LogP contribution in [0.25, 0.3) is 0 Å². The Kier molecular flexibility index (Phi) is 7.23. The third-order valence-electron chi connectivity index (χ3n) is 3.01. The highest BCUT2D eigenvalue weighted by Gasteiger charge is 2.14. The van der Waals surface area contributed by atoms with Gasteiger partial charge in [0.25, 0.3) is 5.91 Å². The van der Waals surface area contributed by atoms with E-state index in [2.05, 4.69) is 12.2 Å². The number of nitrogens with one attached hydrogen (secondary N) is 1. The van der Waals surface area contributed by atoms with Gasteiger partial charge in [0.05, 0.1) is 19.2 Å². The van der Waals surface area contributed by atoms with Crippen LogP contribution < -0.4 is 14.8 Å². The van der Waals surface area contributed by atoms with Gasteiger partial charge in [-0.25, -0.2) is 0 Å². The molecule has 0 bridgehead atoms. The molecule has 1 N–H and O–H groups in total. The third kappa shape index (κ3) is 4.60. The van der Waals surface area contributed by atoms with E-state index in [-0.39, 0.29) is 5.91 Å². The Balaban J connectivity index is 2.66. The van der Waals surface area contributed by atoms with Crippen molar-refractivity contribution in [3.8, 4) is 11.5 Å². The van der Waals surface area contributed by atoms with Gasteiger partial charge in [0.2, 0.25) is 0 Å². The standard InChI is InChI=1S/C15H22ClNO3/c1-4-5-6-7-8-17-15(18)11-9-12(16)14(20-3)13(10-11)19-2/h9-10H,4-8H2,1-3H3,(H,17,18). The molecule has 5 heteroatoms. The van der Waals surface area contributed by atoms with Gasteiger partial charge in [-0.1, -0.05) is 37.8 Å². The van der Waals surface area contributed by atoms with E-state index < -0.39 is 0 Å². The average molecular weight is 300 g/mol. The lowest BCUT2D eigenvalue weighted by Gasteiger charge is -2.12. The molecule has 4 nitrogen and oxygen atoms in total. The lowest BCUT2D eigenvalue weighted by Crippen LogP contribution is -2.24. The summed E-state index contributed by atoms with van der Waals surface area (Å²) in [5.74, 6) is 0.745. The molecule has 0 spiro atoms. The highest BCUT2D eigenvalue weighted by molar-refractivity contribution is 6.32. The number of amides is 1. The van der Waals surface area contributed by atoms with E-state index in [1.165, 1.54) is 27.1 Å². The Bertz CT molecular complexity index is 449. The number of rotatable bonds is 8. The topological polar surface area (TPSA) is 47.6 Å². The zero-order valence-electron chi connectivity index (χ0n) is 12.3. The van der Waals surface area contributed by atoms with Crippen LogP contribution in [0.1, 0.15) is 43.0 Å². The zero-order valence-corrected chi connectivity index (χ0v) is 13.0. The maximum absolute atomic E-state index is 12.0. The Morgan fingerprint density at radius 2 is 1.95 bits per heavy atom. The van der Waals surface area contributed by atoms with Gasteiger partial charge in [-0.05, 0) is 18.6 Å². The van der Waals surface area contributed by atoms with E-state index in [1.54, 1.807) is 12.1 Å². The molecule has 0 heterocycles. The normalized spacial score (nSPS) is 10.2. The highest BCUT2D eigenvalue weighted by Crippen LogP contribution is 2.35. The summed E-state index contributed by atoms with van der Waals surface area (Å²) in [6.45, 7) is 2.83. The van der Waals surface area contributed by atoms with Crippen LogP contribution in [-0.4, -0.2) is 26.7 Å². The number of unbranched alkanes of at least 4 members (excludes halogenated alkanes) is 3. The van der Waals surface area contributed by atoms with Crippen LogP contribution in [0.3, 0.4) is 0 Å². The fraction of sp³-hybridized carbons (Fsp3) is 0.533. The van der Waals surface area contributed by atoms with E-state index in [4.69, 9.17) is 21.1 Å². The summed E-state index contributed by atoms with van der Waals surface area (Å²) in [6.07, 6.45) is 4.49. The van der Waals surface area contributed by atoms with Crippen molar-refractivity contribution in [2.45, 2.75) is 32.6 Å². The minimum atomic E-state index is -0.149. The Hall–Kier alpha value is -1.42.